The minimum absolute atomic E-state index is 0.140. The number of hydrogen-bond donors (Lipinski definition) is 2. The van der Waals surface area contributed by atoms with Crippen molar-refractivity contribution in [2.45, 2.75) is 33.4 Å². The summed E-state index contributed by atoms with van der Waals surface area (Å²) in [5.74, 6) is 0. The standard InChI is InChI=1S/C13H21N3O4S/c1-4-16(9-11-5-7-12(14)8-6-11)21(18,19)15-13(17)20-10(2)3/h5-8,10H,4,9,14H2,1-3H3,(H,15,17). The van der Waals surface area contributed by atoms with Crippen molar-refractivity contribution in [3.05, 3.63) is 29.8 Å². The number of nitrogen functional groups attached to an aromatic ring is 1. The van der Waals surface area contributed by atoms with Crippen LogP contribution in [0.15, 0.2) is 24.3 Å². The second-order valence-electron chi connectivity index (χ2n) is 4.73. The molecule has 1 aromatic carbocycles. The fraction of sp³-hybridized carbons (Fsp3) is 0.462. The number of rotatable bonds is 6. The Kier molecular flexibility index (Phi) is 5.98. The zero-order valence-corrected chi connectivity index (χ0v) is 13.2. The van der Waals surface area contributed by atoms with E-state index in [9.17, 15) is 13.2 Å². The van der Waals surface area contributed by atoms with Crippen LogP contribution in [0, 0.1) is 0 Å². The molecule has 1 amide bonds. The zero-order chi connectivity index (χ0) is 16.0. The molecule has 1 aromatic rings. The Hall–Kier alpha value is -1.80. The predicted octanol–water partition coefficient (Wildman–Crippen LogP) is 1.47. The third kappa shape index (κ3) is 5.60. The summed E-state index contributed by atoms with van der Waals surface area (Å²) < 4.78 is 32.0. The van der Waals surface area contributed by atoms with Crippen molar-refractivity contribution in [3.8, 4) is 0 Å². The molecule has 0 aliphatic rings. The molecule has 0 spiro atoms. The number of benzene rings is 1. The van der Waals surface area contributed by atoms with Crippen LogP contribution in [-0.2, 0) is 21.5 Å². The Morgan fingerprint density at radius 3 is 2.38 bits per heavy atom. The quantitative estimate of drug-likeness (QED) is 0.774. The highest BCUT2D eigenvalue weighted by Crippen LogP contribution is 2.11. The molecule has 0 atom stereocenters. The summed E-state index contributed by atoms with van der Waals surface area (Å²) in [4.78, 5) is 11.4. The van der Waals surface area contributed by atoms with Crippen molar-refractivity contribution in [2.24, 2.45) is 0 Å². The van der Waals surface area contributed by atoms with E-state index in [0.717, 1.165) is 9.87 Å². The van der Waals surface area contributed by atoms with Gasteiger partial charge in [0.25, 0.3) is 0 Å². The van der Waals surface area contributed by atoms with E-state index in [4.69, 9.17) is 10.5 Å². The number of amides is 1. The van der Waals surface area contributed by atoms with Gasteiger partial charge in [-0.25, -0.2) is 9.52 Å². The van der Waals surface area contributed by atoms with Gasteiger partial charge < -0.3 is 10.5 Å². The Balaban J connectivity index is 2.77. The summed E-state index contributed by atoms with van der Waals surface area (Å²) in [7, 11) is -3.95. The summed E-state index contributed by atoms with van der Waals surface area (Å²) in [5, 5.41) is 0. The van der Waals surface area contributed by atoms with Crippen molar-refractivity contribution >= 4 is 22.0 Å². The second-order valence-corrected chi connectivity index (χ2v) is 6.40. The third-order valence-electron chi connectivity index (χ3n) is 2.59. The molecule has 0 aliphatic heterocycles. The van der Waals surface area contributed by atoms with Crippen molar-refractivity contribution in [2.75, 3.05) is 12.3 Å². The van der Waals surface area contributed by atoms with E-state index in [2.05, 4.69) is 0 Å². The van der Waals surface area contributed by atoms with E-state index in [1.54, 1.807) is 45.0 Å². The normalized spacial score (nSPS) is 11.7. The highest BCUT2D eigenvalue weighted by Gasteiger charge is 2.24. The van der Waals surface area contributed by atoms with E-state index < -0.39 is 22.4 Å². The minimum atomic E-state index is -3.95. The first kappa shape index (κ1) is 17.3. The SMILES string of the molecule is CCN(Cc1ccc(N)cc1)S(=O)(=O)NC(=O)OC(C)C. The molecular formula is C13H21N3O4S. The Bertz CT molecular complexity index is 570. The fourth-order valence-corrected chi connectivity index (χ4v) is 2.65. The summed E-state index contributed by atoms with van der Waals surface area (Å²) in [6, 6.07) is 6.85. The molecule has 8 heteroatoms. The second kappa shape index (κ2) is 7.28. The van der Waals surface area contributed by atoms with Crippen LogP contribution in [0.5, 0.6) is 0 Å². The summed E-state index contributed by atoms with van der Waals surface area (Å²) in [6.07, 6.45) is -1.38. The summed E-state index contributed by atoms with van der Waals surface area (Å²) >= 11 is 0. The average molecular weight is 315 g/mol. The van der Waals surface area contributed by atoms with Crippen LogP contribution in [0.4, 0.5) is 10.5 Å². The first-order valence-corrected chi connectivity index (χ1v) is 8.01. The van der Waals surface area contributed by atoms with Crippen LogP contribution in [0.2, 0.25) is 0 Å². The third-order valence-corrected chi connectivity index (χ3v) is 4.08. The van der Waals surface area contributed by atoms with Crippen molar-refractivity contribution in [1.29, 1.82) is 0 Å². The molecule has 0 aliphatic carbocycles. The molecule has 3 N–H and O–H groups in total. The first-order chi connectivity index (χ1) is 9.74. The monoisotopic (exact) mass is 315 g/mol. The van der Waals surface area contributed by atoms with Crippen molar-refractivity contribution < 1.29 is 17.9 Å². The molecular weight excluding hydrogens is 294 g/mol. The number of carbonyl (C=O) groups is 1. The van der Waals surface area contributed by atoms with Gasteiger partial charge >= 0.3 is 16.3 Å². The first-order valence-electron chi connectivity index (χ1n) is 6.57. The number of carbonyl (C=O) groups excluding carboxylic acids is 1. The topological polar surface area (TPSA) is 102 Å². The summed E-state index contributed by atoms with van der Waals surface area (Å²) in [6.45, 7) is 5.32. The molecule has 21 heavy (non-hydrogen) atoms. The van der Waals surface area contributed by atoms with Crippen molar-refractivity contribution in [1.82, 2.24) is 9.03 Å². The molecule has 0 aromatic heterocycles. The zero-order valence-electron chi connectivity index (χ0n) is 12.4. The lowest BCUT2D eigenvalue weighted by Crippen LogP contribution is -2.43. The lowest BCUT2D eigenvalue weighted by molar-refractivity contribution is 0.121. The number of nitrogens with two attached hydrogens (primary N) is 1. The van der Waals surface area contributed by atoms with Crippen LogP contribution in [-0.4, -0.2) is 31.5 Å². The van der Waals surface area contributed by atoms with Gasteiger partial charge in [0.2, 0.25) is 0 Å². The van der Waals surface area contributed by atoms with Gasteiger partial charge in [0.15, 0.2) is 0 Å². The molecule has 1 rings (SSSR count). The number of ether oxygens (including phenoxy) is 1. The molecule has 118 valence electrons. The van der Waals surface area contributed by atoms with E-state index in [1.807, 2.05) is 4.72 Å². The maximum absolute atomic E-state index is 12.1. The van der Waals surface area contributed by atoms with Gasteiger partial charge in [-0.1, -0.05) is 19.1 Å². The van der Waals surface area contributed by atoms with Gasteiger partial charge in [0, 0.05) is 18.8 Å². The van der Waals surface area contributed by atoms with Crippen LogP contribution in [0.25, 0.3) is 0 Å². The molecule has 0 radical (unpaired) electrons. The fourth-order valence-electron chi connectivity index (χ4n) is 1.60. The van der Waals surface area contributed by atoms with E-state index in [-0.39, 0.29) is 13.1 Å². The number of nitrogens with zero attached hydrogens (tertiary/aromatic N) is 1. The van der Waals surface area contributed by atoms with Gasteiger partial charge in [0.05, 0.1) is 6.10 Å². The Labute approximate surface area is 125 Å². The van der Waals surface area contributed by atoms with Gasteiger partial charge in [-0.2, -0.15) is 12.7 Å². The highest BCUT2D eigenvalue weighted by molar-refractivity contribution is 7.87. The average Bonchev–Trinajstić information content (AvgIpc) is 2.35. The maximum atomic E-state index is 12.1. The van der Waals surface area contributed by atoms with Crippen LogP contribution >= 0.6 is 0 Å². The van der Waals surface area contributed by atoms with Gasteiger partial charge in [-0.3, -0.25) is 0 Å². The lowest BCUT2D eigenvalue weighted by atomic mass is 10.2. The number of anilines is 1. The van der Waals surface area contributed by atoms with Crippen LogP contribution in [0.1, 0.15) is 26.3 Å². The van der Waals surface area contributed by atoms with Gasteiger partial charge in [-0.15, -0.1) is 0 Å². The van der Waals surface area contributed by atoms with Crippen LogP contribution in [0.3, 0.4) is 0 Å². The summed E-state index contributed by atoms with van der Waals surface area (Å²) in [5.41, 5.74) is 6.95. The number of hydrogen-bond acceptors (Lipinski definition) is 5. The Morgan fingerprint density at radius 2 is 1.90 bits per heavy atom. The maximum Gasteiger partial charge on any atom is 0.422 e. The Morgan fingerprint density at radius 1 is 1.33 bits per heavy atom. The van der Waals surface area contributed by atoms with Crippen LogP contribution < -0.4 is 10.5 Å². The smallest absolute Gasteiger partial charge is 0.422 e. The molecule has 0 heterocycles. The number of nitrogens with one attached hydrogen (secondary N) is 1. The lowest BCUT2D eigenvalue weighted by Gasteiger charge is -2.21. The highest BCUT2D eigenvalue weighted by atomic mass is 32.2. The molecule has 0 fully saturated rings. The molecule has 7 nitrogen and oxygen atoms in total. The minimum Gasteiger partial charge on any atom is -0.446 e. The molecule has 0 saturated carbocycles. The van der Waals surface area contributed by atoms with Gasteiger partial charge in [0.1, 0.15) is 0 Å². The molecule has 0 bridgehead atoms. The predicted molar refractivity (Wildman–Crippen MR) is 80.6 cm³/mol. The van der Waals surface area contributed by atoms with E-state index in [1.165, 1.54) is 0 Å². The largest absolute Gasteiger partial charge is 0.446 e. The van der Waals surface area contributed by atoms with Gasteiger partial charge in [-0.05, 0) is 31.5 Å². The molecule has 0 unspecified atom stereocenters. The molecule has 0 saturated heterocycles. The van der Waals surface area contributed by atoms with E-state index >= 15 is 0 Å². The van der Waals surface area contributed by atoms with E-state index in [0.29, 0.717) is 5.69 Å². The van der Waals surface area contributed by atoms with Crippen molar-refractivity contribution in [3.63, 3.8) is 0 Å².